The van der Waals surface area contributed by atoms with Crippen molar-refractivity contribution >= 4 is 89.8 Å². The van der Waals surface area contributed by atoms with Gasteiger partial charge in [0, 0.05) is 73.1 Å². The third kappa shape index (κ3) is 8.23. The minimum Gasteiger partial charge on any atom is -0.310 e. The fourth-order valence-corrected chi connectivity index (χ4v) is 11.4. The van der Waals surface area contributed by atoms with Crippen LogP contribution in [0.2, 0.25) is 0 Å². The Morgan fingerprint density at radius 2 is 0.493 bits per heavy atom. The lowest BCUT2D eigenvalue weighted by Crippen LogP contribution is -2.18. The molecule has 12 aromatic rings. The van der Waals surface area contributed by atoms with E-state index in [1.54, 1.807) is 0 Å². The molecule has 0 amide bonds. The number of benzene rings is 12. The molecule has 0 N–H and O–H groups in total. The van der Waals surface area contributed by atoms with Gasteiger partial charge in [-0.1, -0.05) is 172 Å². The molecule has 0 radical (unpaired) electrons. The zero-order chi connectivity index (χ0) is 50.3. The number of para-hydroxylation sites is 4. The summed E-state index contributed by atoms with van der Waals surface area (Å²) in [6.07, 6.45) is 0. The predicted octanol–water partition coefficient (Wildman–Crippen LogP) is 20.2. The van der Waals surface area contributed by atoms with E-state index in [4.69, 9.17) is 0 Å². The second-order valence-corrected chi connectivity index (χ2v) is 19.8. The maximum absolute atomic E-state index is 2.42. The monoisotopic (exact) mass is 962 g/mol. The molecule has 4 nitrogen and oxygen atoms in total. The van der Waals surface area contributed by atoms with Gasteiger partial charge in [-0.05, 0) is 166 Å². The second kappa shape index (κ2) is 19.1. The molecule has 358 valence electrons. The van der Waals surface area contributed by atoms with Crippen LogP contribution in [0.5, 0.6) is 0 Å². The molecule has 4 heteroatoms. The molecule has 12 aromatic carbocycles. The lowest BCUT2D eigenvalue weighted by atomic mass is 9.82. The van der Waals surface area contributed by atoms with Crippen LogP contribution >= 0.6 is 0 Å². The van der Waals surface area contributed by atoms with Crippen LogP contribution < -0.4 is 19.6 Å². The van der Waals surface area contributed by atoms with E-state index >= 15 is 0 Å². The van der Waals surface area contributed by atoms with Gasteiger partial charge >= 0.3 is 0 Å². The first-order valence-electron chi connectivity index (χ1n) is 25.8. The van der Waals surface area contributed by atoms with Crippen molar-refractivity contribution in [1.29, 1.82) is 0 Å². The zero-order valence-electron chi connectivity index (χ0n) is 42.0. The highest BCUT2D eigenvalue weighted by molar-refractivity contribution is 6.00. The fourth-order valence-electron chi connectivity index (χ4n) is 11.4. The Kier molecular flexibility index (Phi) is 11.5. The van der Waals surface area contributed by atoms with E-state index in [0.717, 1.165) is 68.2 Å². The fraction of sp³-hybridized carbons (Fsp3) is 0.0423. The Hall–Kier alpha value is -9.64. The van der Waals surface area contributed by atoms with Gasteiger partial charge in [0.15, 0.2) is 0 Å². The number of rotatable bonds is 12. The second-order valence-electron chi connectivity index (χ2n) is 19.8. The Balaban J connectivity index is 0.858. The average Bonchev–Trinajstić information content (AvgIpc) is 3.77. The first kappa shape index (κ1) is 45.2. The van der Waals surface area contributed by atoms with Crippen LogP contribution in [0.4, 0.5) is 68.2 Å². The third-order valence-electron chi connectivity index (χ3n) is 15.0. The molecule has 0 bridgehead atoms. The highest BCUT2D eigenvalue weighted by Gasteiger charge is 2.37. The maximum Gasteiger partial charge on any atom is 0.0540 e. The summed E-state index contributed by atoms with van der Waals surface area (Å²) in [5.41, 5.74) is 18.1. The number of anilines is 12. The minimum atomic E-state index is -0.293. The molecule has 0 aliphatic heterocycles. The third-order valence-corrected chi connectivity index (χ3v) is 15.0. The summed E-state index contributed by atoms with van der Waals surface area (Å²) in [7, 11) is 0. The largest absolute Gasteiger partial charge is 0.310 e. The van der Waals surface area contributed by atoms with Crippen molar-refractivity contribution in [2.45, 2.75) is 19.3 Å². The van der Waals surface area contributed by atoms with Gasteiger partial charge < -0.3 is 19.6 Å². The maximum atomic E-state index is 2.42. The van der Waals surface area contributed by atoms with Crippen LogP contribution in [0.1, 0.15) is 25.0 Å². The van der Waals surface area contributed by atoms with Gasteiger partial charge in [0.25, 0.3) is 0 Å². The molecule has 1 aliphatic rings. The van der Waals surface area contributed by atoms with Gasteiger partial charge in [-0.3, -0.25) is 0 Å². The summed E-state index contributed by atoms with van der Waals surface area (Å²) in [6, 6.07) is 105. The SMILES string of the molecule is CC1(C)c2cc(N(c3ccccc3)c3ccc(N(c4ccccc4)c4cccc5ccccc45)cc3)ccc2-c2ccc(N(c3ccccc3)c3ccc(N(c4ccccc4)c4cccc5ccccc45)cc3)cc21. The first-order valence-corrected chi connectivity index (χ1v) is 25.8. The van der Waals surface area contributed by atoms with Crippen LogP contribution in [0.15, 0.2) is 291 Å². The summed E-state index contributed by atoms with van der Waals surface area (Å²) >= 11 is 0. The Bertz CT molecular complexity index is 3700. The summed E-state index contributed by atoms with van der Waals surface area (Å²) in [6.45, 7) is 4.76. The van der Waals surface area contributed by atoms with E-state index in [1.165, 1.54) is 43.8 Å². The molecule has 0 spiro atoms. The molecule has 0 unspecified atom stereocenters. The van der Waals surface area contributed by atoms with Gasteiger partial charge in [-0.15, -0.1) is 0 Å². The lowest BCUT2D eigenvalue weighted by molar-refractivity contribution is 0.660. The minimum absolute atomic E-state index is 0.293. The number of nitrogens with zero attached hydrogens (tertiary/aromatic N) is 4. The van der Waals surface area contributed by atoms with Gasteiger partial charge in [-0.25, -0.2) is 0 Å². The molecule has 0 fully saturated rings. The summed E-state index contributed by atoms with van der Waals surface area (Å²) in [4.78, 5) is 9.51. The van der Waals surface area contributed by atoms with E-state index in [2.05, 4.69) is 325 Å². The highest BCUT2D eigenvalue weighted by atomic mass is 15.2. The molecule has 0 aromatic heterocycles. The first-order chi connectivity index (χ1) is 37.0. The zero-order valence-corrected chi connectivity index (χ0v) is 42.0. The van der Waals surface area contributed by atoms with E-state index in [9.17, 15) is 0 Å². The average molecular weight is 963 g/mol. The van der Waals surface area contributed by atoms with Crippen LogP contribution in [-0.4, -0.2) is 0 Å². The Morgan fingerprint density at radius 3 is 0.853 bits per heavy atom. The van der Waals surface area contributed by atoms with Crippen LogP contribution in [0.3, 0.4) is 0 Å². The van der Waals surface area contributed by atoms with Crippen molar-refractivity contribution in [1.82, 2.24) is 0 Å². The van der Waals surface area contributed by atoms with E-state index in [1.807, 2.05) is 0 Å². The number of hydrogen-bond acceptors (Lipinski definition) is 4. The summed E-state index contributed by atoms with van der Waals surface area (Å²) in [5.74, 6) is 0. The molecule has 0 saturated heterocycles. The Labute approximate surface area is 439 Å². The molecule has 0 heterocycles. The van der Waals surface area contributed by atoms with E-state index < -0.39 is 0 Å². The molecular weight excluding hydrogens is 909 g/mol. The van der Waals surface area contributed by atoms with Gasteiger partial charge in [0.2, 0.25) is 0 Å². The van der Waals surface area contributed by atoms with Crippen molar-refractivity contribution in [2.75, 3.05) is 19.6 Å². The Morgan fingerprint density at radius 1 is 0.227 bits per heavy atom. The molecule has 0 saturated carbocycles. The molecule has 1 aliphatic carbocycles. The topological polar surface area (TPSA) is 13.0 Å². The molecule has 75 heavy (non-hydrogen) atoms. The van der Waals surface area contributed by atoms with Crippen molar-refractivity contribution in [3.8, 4) is 11.1 Å². The van der Waals surface area contributed by atoms with Crippen LogP contribution in [0.25, 0.3) is 32.7 Å². The lowest BCUT2D eigenvalue weighted by Gasteiger charge is -2.30. The van der Waals surface area contributed by atoms with Gasteiger partial charge in [0.05, 0.1) is 11.4 Å². The van der Waals surface area contributed by atoms with E-state index in [0.29, 0.717) is 0 Å². The van der Waals surface area contributed by atoms with Crippen molar-refractivity contribution < 1.29 is 0 Å². The number of fused-ring (bicyclic) bond motifs is 5. The summed E-state index contributed by atoms with van der Waals surface area (Å²) in [5, 5.41) is 4.84. The van der Waals surface area contributed by atoms with Gasteiger partial charge in [0.1, 0.15) is 0 Å². The van der Waals surface area contributed by atoms with Gasteiger partial charge in [-0.2, -0.15) is 0 Å². The predicted molar refractivity (Wildman–Crippen MR) is 318 cm³/mol. The van der Waals surface area contributed by atoms with E-state index in [-0.39, 0.29) is 5.41 Å². The summed E-state index contributed by atoms with van der Waals surface area (Å²) < 4.78 is 0. The highest BCUT2D eigenvalue weighted by Crippen LogP contribution is 2.53. The number of hydrogen-bond donors (Lipinski definition) is 0. The van der Waals surface area contributed by atoms with Crippen LogP contribution in [-0.2, 0) is 5.41 Å². The van der Waals surface area contributed by atoms with Crippen molar-refractivity contribution in [3.63, 3.8) is 0 Å². The normalized spacial score (nSPS) is 12.2. The molecule has 0 atom stereocenters. The standard InChI is InChI=1S/C71H54N4/c1-71(2)67-49-61(72(53-25-7-3-8-26-53)57-37-41-59(42-38-57)74(55-29-11-5-12-30-55)69-35-19-23-51-21-15-17-33-63(51)69)45-47-65(67)66-48-46-62(50-68(66)71)73(54-27-9-4-10-28-54)58-39-43-60(44-40-58)75(56-31-13-6-14-32-56)70-36-20-24-52-22-16-18-34-64(52)70/h3-50H,1-2H3. The molecular formula is C71H54N4. The van der Waals surface area contributed by atoms with Crippen LogP contribution in [0, 0.1) is 0 Å². The quantitative estimate of drug-likeness (QED) is 0.121. The smallest absolute Gasteiger partial charge is 0.0540 e. The molecule has 13 rings (SSSR count). The van der Waals surface area contributed by atoms with Crippen molar-refractivity contribution in [2.24, 2.45) is 0 Å². The van der Waals surface area contributed by atoms with Crippen molar-refractivity contribution in [3.05, 3.63) is 302 Å².